The Bertz CT molecular complexity index is 1060. The van der Waals surface area contributed by atoms with E-state index in [-0.39, 0.29) is 48.3 Å². The van der Waals surface area contributed by atoms with Crippen LogP contribution in [0.3, 0.4) is 0 Å². The number of esters is 1. The summed E-state index contributed by atoms with van der Waals surface area (Å²) in [6.07, 6.45) is -0.880. The van der Waals surface area contributed by atoms with Crippen LogP contribution in [0.1, 0.15) is 96.8 Å². The highest BCUT2D eigenvalue weighted by atomic mass is 32.1. The van der Waals surface area contributed by atoms with Gasteiger partial charge < -0.3 is 19.5 Å². The van der Waals surface area contributed by atoms with Gasteiger partial charge in [0.25, 0.3) is 11.8 Å². The summed E-state index contributed by atoms with van der Waals surface area (Å²) >= 11 is 1.11. The van der Waals surface area contributed by atoms with Crippen LogP contribution >= 0.6 is 11.3 Å². The second kappa shape index (κ2) is 17.0. The molecule has 12 nitrogen and oxygen atoms in total. The number of carbonyl (C=O) groups is 4. The molecule has 0 aliphatic heterocycles. The number of carbonyl (C=O) groups excluding carboxylic acids is 3. The fraction of sp³-hybridized carbons (Fsp3) is 0.767. The summed E-state index contributed by atoms with van der Waals surface area (Å²) in [6, 6.07) is -0.852. The Morgan fingerprint density at radius 3 is 2.09 bits per heavy atom. The molecule has 0 aliphatic rings. The van der Waals surface area contributed by atoms with Crippen molar-refractivity contribution in [1.82, 2.24) is 20.3 Å². The van der Waals surface area contributed by atoms with Gasteiger partial charge in [-0.3, -0.25) is 19.3 Å². The zero-order valence-corrected chi connectivity index (χ0v) is 28.6. The Balaban J connectivity index is 3.26. The molecule has 0 aromatic carbocycles. The minimum absolute atomic E-state index is 0.0227. The Hall–Kier alpha value is -2.61. The number of nitrogens with one attached hydrogen (secondary N) is 1. The molecule has 1 heterocycles. The van der Waals surface area contributed by atoms with Crippen molar-refractivity contribution in [3.63, 3.8) is 0 Å². The molecular weight excluding hydrogens is 576 g/mol. The normalized spacial score (nSPS) is 15.6. The average Bonchev–Trinajstić information content (AvgIpc) is 3.37. The first kappa shape index (κ1) is 38.4. The number of hydroxylamine groups is 1. The van der Waals surface area contributed by atoms with Crippen molar-refractivity contribution in [2.45, 2.75) is 105 Å². The molecule has 0 aliphatic carbocycles. The number of aromatic nitrogens is 1. The van der Waals surface area contributed by atoms with E-state index in [1.165, 1.54) is 5.38 Å². The number of thiazole rings is 1. The minimum atomic E-state index is -1.18. The number of hydrogen-bond donors (Lipinski definition) is 2. The third-order valence-electron chi connectivity index (χ3n) is 7.06. The van der Waals surface area contributed by atoms with Gasteiger partial charge in [-0.15, -0.1) is 11.3 Å². The summed E-state index contributed by atoms with van der Waals surface area (Å²) in [6.45, 7) is 16.5. The fourth-order valence-corrected chi connectivity index (χ4v) is 5.57. The Kier molecular flexibility index (Phi) is 15.2. The lowest BCUT2D eigenvalue weighted by Gasteiger charge is -2.36. The Morgan fingerprint density at radius 2 is 1.65 bits per heavy atom. The van der Waals surface area contributed by atoms with Gasteiger partial charge in [-0.2, -0.15) is 0 Å². The van der Waals surface area contributed by atoms with Crippen LogP contribution in [0.15, 0.2) is 5.38 Å². The van der Waals surface area contributed by atoms with Gasteiger partial charge in [-0.05, 0) is 52.6 Å². The van der Waals surface area contributed by atoms with Crippen LogP contribution in [0.25, 0.3) is 0 Å². The van der Waals surface area contributed by atoms with Crippen LogP contribution in [0.4, 0.5) is 0 Å². The van der Waals surface area contributed by atoms with Gasteiger partial charge in [0.05, 0.1) is 6.04 Å². The van der Waals surface area contributed by atoms with Crippen LogP contribution in [0.5, 0.6) is 0 Å². The summed E-state index contributed by atoms with van der Waals surface area (Å²) in [7, 11) is 5.29. The van der Waals surface area contributed by atoms with Crippen molar-refractivity contribution in [3.8, 4) is 0 Å². The second-order valence-corrected chi connectivity index (χ2v) is 13.7. The van der Waals surface area contributed by atoms with Crippen LogP contribution in [0, 0.1) is 17.8 Å². The number of hydrogen-bond acceptors (Lipinski definition) is 10. The molecule has 2 amide bonds. The molecular formula is C30H52N4O8S. The number of likely N-dealkylation sites (N-methyl/N-ethyl adjacent to an activating group) is 2. The average molecular weight is 629 g/mol. The highest BCUT2D eigenvalue weighted by molar-refractivity contribution is 7.09. The molecule has 1 aromatic heterocycles. The first-order valence-electron chi connectivity index (χ1n) is 14.7. The van der Waals surface area contributed by atoms with Crippen LogP contribution in [0.2, 0.25) is 0 Å². The molecule has 1 aromatic rings. The summed E-state index contributed by atoms with van der Waals surface area (Å²) in [5.74, 6) is -2.66. The lowest BCUT2D eigenvalue weighted by molar-refractivity contribution is -0.167. The molecule has 0 saturated heterocycles. The van der Waals surface area contributed by atoms with E-state index in [0.717, 1.165) is 11.3 Å². The Morgan fingerprint density at radius 1 is 1.05 bits per heavy atom. The predicted molar refractivity (Wildman–Crippen MR) is 164 cm³/mol. The maximum Gasteiger partial charge on any atom is 0.355 e. The molecule has 43 heavy (non-hydrogen) atoms. The smallest absolute Gasteiger partial charge is 0.355 e. The first-order chi connectivity index (χ1) is 19.8. The Labute approximate surface area is 260 Å². The molecule has 2 N–H and O–H groups in total. The van der Waals surface area contributed by atoms with E-state index >= 15 is 0 Å². The van der Waals surface area contributed by atoms with E-state index in [1.807, 2.05) is 55.6 Å². The van der Waals surface area contributed by atoms with Crippen LogP contribution in [-0.4, -0.2) is 95.2 Å². The third-order valence-corrected chi connectivity index (χ3v) is 7.99. The lowest BCUT2D eigenvalue weighted by atomic mass is 9.94. The molecule has 5 atom stereocenters. The SMILES string of the molecule is CC[C@H](C)[C@H](ONC(=O)[C@@H](C(C)C)N(C)C)C(=O)N(C)[C@H](C[C@@H](OCC(=O)OC(C)(C)C)c1nc(C(=O)O)cs1)C(C)C. The van der Waals surface area contributed by atoms with E-state index in [0.29, 0.717) is 11.4 Å². The number of rotatable bonds is 17. The number of nitrogens with zero attached hydrogens (tertiary/aromatic N) is 3. The maximum atomic E-state index is 13.9. The summed E-state index contributed by atoms with van der Waals surface area (Å²) in [4.78, 5) is 64.2. The molecule has 246 valence electrons. The number of amides is 2. The quantitative estimate of drug-likeness (QED) is 0.190. The number of ether oxygens (including phenoxy) is 2. The van der Waals surface area contributed by atoms with E-state index in [9.17, 15) is 24.3 Å². The van der Waals surface area contributed by atoms with Gasteiger partial charge in [-0.25, -0.2) is 20.1 Å². The van der Waals surface area contributed by atoms with Gasteiger partial charge >= 0.3 is 11.9 Å². The standard InChI is InChI=1S/C30H52N4O8S/c1-13-19(6)25(42-32-26(36)24(18(4)5)33(10)11)28(37)34(12)21(17(2)3)14-22(27-31-20(16-43-27)29(38)39)40-15-23(35)41-30(7,8)9/h16-19,21-22,24-25H,13-15H2,1-12H3,(H,32,36)(H,38,39)/t19-,21+,22+,24+,25-/m0/s1. The monoisotopic (exact) mass is 628 g/mol. The van der Waals surface area contributed by atoms with E-state index in [4.69, 9.17) is 14.3 Å². The van der Waals surface area contributed by atoms with E-state index in [2.05, 4.69) is 10.5 Å². The molecule has 0 spiro atoms. The minimum Gasteiger partial charge on any atom is -0.476 e. The molecule has 0 unspecified atom stereocenters. The zero-order valence-electron chi connectivity index (χ0n) is 27.8. The zero-order chi connectivity index (χ0) is 33.2. The van der Waals surface area contributed by atoms with Crippen LogP contribution < -0.4 is 5.48 Å². The van der Waals surface area contributed by atoms with Gasteiger partial charge in [0.1, 0.15) is 23.3 Å². The highest BCUT2D eigenvalue weighted by Crippen LogP contribution is 2.31. The molecule has 1 rings (SSSR count). The summed E-state index contributed by atoms with van der Waals surface area (Å²) < 4.78 is 11.3. The van der Waals surface area contributed by atoms with Crippen molar-refractivity contribution in [2.75, 3.05) is 27.7 Å². The number of carboxylic acids is 1. The summed E-state index contributed by atoms with van der Waals surface area (Å²) in [5, 5.41) is 11.2. The highest BCUT2D eigenvalue weighted by Gasteiger charge is 2.36. The van der Waals surface area contributed by atoms with Gasteiger partial charge in [-0.1, -0.05) is 48.0 Å². The van der Waals surface area contributed by atoms with Gasteiger partial charge in [0, 0.05) is 24.9 Å². The molecule has 13 heteroatoms. The fourth-order valence-electron chi connectivity index (χ4n) is 4.71. The third kappa shape index (κ3) is 12.1. The van der Waals surface area contributed by atoms with E-state index in [1.54, 1.807) is 37.6 Å². The second-order valence-electron chi connectivity index (χ2n) is 12.8. The maximum absolute atomic E-state index is 13.9. The lowest BCUT2D eigenvalue weighted by Crippen LogP contribution is -2.53. The summed E-state index contributed by atoms with van der Waals surface area (Å²) in [5.41, 5.74) is 1.69. The van der Waals surface area contributed by atoms with Gasteiger partial charge in [0.2, 0.25) is 0 Å². The number of aromatic carboxylic acids is 1. The van der Waals surface area contributed by atoms with Crippen molar-refractivity contribution >= 4 is 35.1 Å². The predicted octanol–water partition coefficient (Wildman–Crippen LogP) is 4.16. The largest absolute Gasteiger partial charge is 0.476 e. The van der Waals surface area contributed by atoms with Crippen LogP contribution in [-0.2, 0) is 28.7 Å². The van der Waals surface area contributed by atoms with Gasteiger partial charge in [0.15, 0.2) is 11.8 Å². The van der Waals surface area contributed by atoms with Crippen molar-refractivity contribution in [3.05, 3.63) is 16.1 Å². The first-order valence-corrected chi connectivity index (χ1v) is 15.6. The number of carboxylic acid groups (broad SMARTS) is 1. The molecule has 0 fully saturated rings. The van der Waals surface area contributed by atoms with Crippen molar-refractivity contribution < 1.29 is 38.6 Å². The van der Waals surface area contributed by atoms with E-state index < -0.39 is 41.8 Å². The molecule has 0 radical (unpaired) electrons. The molecule has 0 bridgehead atoms. The molecule has 0 saturated carbocycles. The topological polar surface area (TPSA) is 148 Å². The van der Waals surface area contributed by atoms with Crippen molar-refractivity contribution in [2.24, 2.45) is 17.8 Å². The van der Waals surface area contributed by atoms with Crippen molar-refractivity contribution in [1.29, 1.82) is 0 Å².